The van der Waals surface area contributed by atoms with Gasteiger partial charge in [-0.3, -0.25) is 9.59 Å². The molecule has 0 atom stereocenters. The molecule has 1 N–H and O–H groups in total. The standard InChI is InChI=1S/C29H38N4O4/c1-6-7-11-18-32(28(35)21-37-24-12-9-8-10-13-24)20-27(34)30-26-19-25(29(2,3)4)31-33(26)22-14-16-23(36-5)17-15-22/h8-10,12-17,19H,6-7,11,18,20-21H2,1-5H3,(H,30,34). The van der Waals surface area contributed by atoms with Gasteiger partial charge in [0.25, 0.3) is 5.91 Å². The van der Waals surface area contributed by atoms with Gasteiger partial charge in [0.05, 0.1) is 18.5 Å². The van der Waals surface area contributed by atoms with Gasteiger partial charge < -0.3 is 19.7 Å². The number of nitrogens with one attached hydrogen (secondary N) is 1. The number of para-hydroxylation sites is 1. The van der Waals surface area contributed by atoms with E-state index in [0.29, 0.717) is 18.1 Å². The van der Waals surface area contributed by atoms with Crippen LogP contribution in [0.4, 0.5) is 5.82 Å². The molecule has 8 nitrogen and oxygen atoms in total. The number of benzene rings is 2. The van der Waals surface area contributed by atoms with E-state index in [1.54, 1.807) is 28.8 Å². The second-order valence-corrected chi connectivity index (χ2v) is 9.95. The first-order chi connectivity index (χ1) is 17.7. The third-order valence-corrected chi connectivity index (χ3v) is 5.89. The predicted molar refractivity (Wildman–Crippen MR) is 145 cm³/mol. The van der Waals surface area contributed by atoms with Crippen molar-refractivity contribution in [3.63, 3.8) is 0 Å². The maximum absolute atomic E-state index is 13.2. The zero-order valence-electron chi connectivity index (χ0n) is 22.5. The number of unbranched alkanes of at least 4 members (excludes halogenated alkanes) is 2. The van der Waals surface area contributed by atoms with Crippen molar-refractivity contribution in [2.75, 3.05) is 32.1 Å². The number of amides is 2. The Morgan fingerprint density at radius 2 is 1.70 bits per heavy atom. The Bertz CT molecular complexity index is 1150. The molecule has 198 valence electrons. The summed E-state index contributed by atoms with van der Waals surface area (Å²) in [6, 6.07) is 18.5. The summed E-state index contributed by atoms with van der Waals surface area (Å²) in [6.45, 7) is 8.61. The summed E-state index contributed by atoms with van der Waals surface area (Å²) in [5, 5.41) is 7.73. The van der Waals surface area contributed by atoms with Gasteiger partial charge in [-0.05, 0) is 42.8 Å². The van der Waals surface area contributed by atoms with E-state index in [4.69, 9.17) is 14.6 Å². The molecule has 0 aliphatic carbocycles. The minimum absolute atomic E-state index is 0.0701. The van der Waals surface area contributed by atoms with Crippen molar-refractivity contribution in [1.82, 2.24) is 14.7 Å². The monoisotopic (exact) mass is 506 g/mol. The number of anilines is 1. The van der Waals surface area contributed by atoms with Gasteiger partial charge in [0.15, 0.2) is 6.61 Å². The van der Waals surface area contributed by atoms with E-state index in [1.807, 2.05) is 48.5 Å². The average molecular weight is 507 g/mol. The number of carbonyl (C=O) groups is 2. The number of nitrogens with zero attached hydrogens (tertiary/aromatic N) is 3. The molecule has 1 heterocycles. The fraction of sp³-hybridized carbons (Fsp3) is 0.414. The van der Waals surface area contributed by atoms with Crippen molar-refractivity contribution >= 4 is 17.6 Å². The van der Waals surface area contributed by atoms with Gasteiger partial charge >= 0.3 is 0 Å². The van der Waals surface area contributed by atoms with Gasteiger partial charge in [0.1, 0.15) is 23.9 Å². The molecule has 3 aromatic rings. The normalized spacial score (nSPS) is 11.2. The quantitative estimate of drug-likeness (QED) is 0.341. The van der Waals surface area contributed by atoms with Crippen molar-refractivity contribution in [2.24, 2.45) is 0 Å². The number of hydrogen-bond donors (Lipinski definition) is 1. The van der Waals surface area contributed by atoms with Crippen LogP contribution in [0.2, 0.25) is 0 Å². The van der Waals surface area contributed by atoms with Gasteiger partial charge in [-0.2, -0.15) is 5.10 Å². The van der Waals surface area contributed by atoms with Gasteiger partial charge in [-0.1, -0.05) is 58.7 Å². The van der Waals surface area contributed by atoms with Crippen LogP contribution in [0.1, 0.15) is 52.7 Å². The Morgan fingerprint density at radius 1 is 1.00 bits per heavy atom. The minimum Gasteiger partial charge on any atom is -0.497 e. The van der Waals surface area contributed by atoms with E-state index >= 15 is 0 Å². The van der Waals surface area contributed by atoms with Crippen LogP contribution in [0, 0.1) is 0 Å². The summed E-state index contributed by atoms with van der Waals surface area (Å²) < 4.78 is 12.6. The number of carbonyl (C=O) groups excluding carboxylic acids is 2. The van der Waals surface area contributed by atoms with Crippen LogP contribution >= 0.6 is 0 Å². The lowest BCUT2D eigenvalue weighted by atomic mass is 9.92. The molecule has 37 heavy (non-hydrogen) atoms. The molecule has 0 unspecified atom stereocenters. The first-order valence-electron chi connectivity index (χ1n) is 12.7. The Labute approximate surface area is 219 Å². The lowest BCUT2D eigenvalue weighted by molar-refractivity contribution is -0.136. The molecule has 2 amide bonds. The highest BCUT2D eigenvalue weighted by Gasteiger charge is 2.23. The highest BCUT2D eigenvalue weighted by atomic mass is 16.5. The van der Waals surface area contributed by atoms with Crippen LogP contribution in [0.3, 0.4) is 0 Å². The van der Waals surface area contributed by atoms with E-state index in [2.05, 4.69) is 33.0 Å². The number of rotatable bonds is 12. The molecule has 2 aromatic carbocycles. The van der Waals surface area contributed by atoms with E-state index < -0.39 is 0 Å². The molecule has 0 aliphatic rings. The molecule has 8 heteroatoms. The second-order valence-electron chi connectivity index (χ2n) is 9.95. The number of methoxy groups -OCH3 is 1. The molecule has 1 aromatic heterocycles. The Hall–Kier alpha value is -3.81. The molecule has 0 spiro atoms. The summed E-state index contributed by atoms with van der Waals surface area (Å²) in [4.78, 5) is 27.7. The van der Waals surface area contributed by atoms with Crippen LogP contribution in [0.15, 0.2) is 60.7 Å². The van der Waals surface area contributed by atoms with Crippen LogP contribution in [0.25, 0.3) is 5.69 Å². The molecule has 0 aliphatic heterocycles. The summed E-state index contributed by atoms with van der Waals surface area (Å²) >= 11 is 0. The smallest absolute Gasteiger partial charge is 0.260 e. The van der Waals surface area contributed by atoms with Crippen LogP contribution in [0.5, 0.6) is 11.5 Å². The number of ether oxygens (including phenoxy) is 2. The average Bonchev–Trinajstić information content (AvgIpc) is 3.31. The minimum atomic E-state index is -0.292. The summed E-state index contributed by atoms with van der Waals surface area (Å²) in [6.07, 6.45) is 2.81. The van der Waals surface area contributed by atoms with Gasteiger partial charge in [-0.15, -0.1) is 0 Å². The molecule has 3 rings (SSSR count). The second kappa shape index (κ2) is 12.9. The van der Waals surface area contributed by atoms with Crippen LogP contribution in [-0.4, -0.2) is 53.3 Å². The number of hydrogen-bond acceptors (Lipinski definition) is 5. The molecule has 0 bridgehead atoms. The zero-order chi connectivity index (χ0) is 26.8. The van der Waals surface area contributed by atoms with Gasteiger partial charge in [0.2, 0.25) is 5.91 Å². The topological polar surface area (TPSA) is 85.7 Å². The first-order valence-corrected chi connectivity index (χ1v) is 12.7. The first kappa shape index (κ1) is 27.8. The Balaban J connectivity index is 1.76. The SMILES string of the molecule is CCCCCN(CC(=O)Nc1cc(C(C)(C)C)nn1-c1ccc(OC)cc1)C(=O)COc1ccccc1. The Kier molecular flexibility index (Phi) is 9.71. The molecule has 0 saturated heterocycles. The van der Waals surface area contributed by atoms with Crippen molar-refractivity contribution < 1.29 is 19.1 Å². The largest absolute Gasteiger partial charge is 0.497 e. The fourth-order valence-electron chi connectivity index (χ4n) is 3.71. The van der Waals surface area contributed by atoms with Crippen molar-refractivity contribution in [1.29, 1.82) is 0 Å². The van der Waals surface area contributed by atoms with Gasteiger partial charge in [-0.25, -0.2) is 4.68 Å². The molecule has 0 fully saturated rings. The lowest BCUT2D eigenvalue weighted by Gasteiger charge is -2.22. The summed E-state index contributed by atoms with van der Waals surface area (Å²) in [7, 11) is 1.62. The van der Waals surface area contributed by atoms with Crippen molar-refractivity contribution in [3.8, 4) is 17.2 Å². The zero-order valence-corrected chi connectivity index (χ0v) is 22.5. The maximum atomic E-state index is 13.2. The van der Waals surface area contributed by atoms with Crippen molar-refractivity contribution in [2.45, 2.75) is 52.4 Å². The highest BCUT2D eigenvalue weighted by Crippen LogP contribution is 2.27. The van der Waals surface area contributed by atoms with Crippen LogP contribution < -0.4 is 14.8 Å². The van der Waals surface area contributed by atoms with E-state index in [-0.39, 0.29) is 30.4 Å². The number of aromatic nitrogens is 2. The molecule has 0 radical (unpaired) electrons. The van der Waals surface area contributed by atoms with E-state index in [1.165, 1.54) is 0 Å². The van der Waals surface area contributed by atoms with E-state index in [0.717, 1.165) is 36.4 Å². The van der Waals surface area contributed by atoms with Crippen LogP contribution in [-0.2, 0) is 15.0 Å². The summed E-state index contributed by atoms with van der Waals surface area (Å²) in [5.41, 5.74) is 1.42. The van der Waals surface area contributed by atoms with Crippen molar-refractivity contribution in [3.05, 3.63) is 66.4 Å². The predicted octanol–water partition coefficient (Wildman–Crippen LogP) is 5.21. The fourth-order valence-corrected chi connectivity index (χ4v) is 3.71. The van der Waals surface area contributed by atoms with E-state index in [9.17, 15) is 9.59 Å². The van der Waals surface area contributed by atoms with Gasteiger partial charge in [0, 0.05) is 18.0 Å². The molecular formula is C29H38N4O4. The third kappa shape index (κ3) is 8.10. The summed E-state index contributed by atoms with van der Waals surface area (Å²) in [5.74, 6) is 1.37. The maximum Gasteiger partial charge on any atom is 0.260 e. The Morgan fingerprint density at radius 3 is 2.32 bits per heavy atom. The lowest BCUT2D eigenvalue weighted by Crippen LogP contribution is -2.41. The molecular weight excluding hydrogens is 468 g/mol. The highest BCUT2D eigenvalue weighted by molar-refractivity contribution is 5.94. The molecule has 0 saturated carbocycles. The third-order valence-electron chi connectivity index (χ3n) is 5.89.